The lowest BCUT2D eigenvalue weighted by atomic mass is 10.0. The van der Waals surface area contributed by atoms with Gasteiger partial charge in [0.05, 0.1) is 6.61 Å². The molecule has 0 unspecified atom stereocenters. The quantitative estimate of drug-likeness (QED) is 0.789. The van der Waals surface area contributed by atoms with Crippen molar-refractivity contribution < 1.29 is 13.9 Å². The van der Waals surface area contributed by atoms with Gasteiger partial charge < -0.3 is 9.15 Å². The average molecular weight is 258 g/mol. The van der Waals surface area contributed by atoms with Gasteiger partial charge in [0, 0.05) is 5.56 Å². The van der Waals surface area contributed by atoms with Crippen LogP contribution in [0.4, 0.5) is 0 Å². The molecular weight excluding hydrogens is 244 g/mol. The molecule has 19 heavy (non-hydrogen) atoms. The summed E-state index contributed by atoms with van der Waals surface area (Å²) >= 11 is 0. The first kappa shape index (κ1) is 11.9. The van der Waals surface area contributed by atoms with Crippen LogP contribution >= 0.6 is 0 Å². The highest BCUT2D eigenvalue weighted by molar-refractivity contribution is 5.84. The van der Waals surface area contributed by atoms with Crippen molar-refractivity contribution in [3.05, 3.63) is 35.7 Å². The van der Waals surface area contributed by atoms with Gasteiger partial charge in [-0.25, -0.2) is 4.79 Å². The third kappa shape index (κ3) is 2.36. The summed E-state index contributed by atoms with van der Waals surface area (Å²) in [6.45, 7) is 2.02. The van der Waals surface area contributed by atoms with Gasteiger partial charge >= 0.3 is 11.9 Å². The molecule has 2 aromatic rings. The molecule has 98 valence electrons. The first-order chi connectivity index (χ1) is 9.29. The normalized spacial score (nSPS) is 14.4. The number of carbonyl (C=O) groups is 1. The summed E-state index contributed by atoms with van der Waals surface area (Å²) in [5.41, 5.74) is 2.12. The van der Waals surface area contributed by atoms with E-state index in [1.807, 2.05) is 18.2 Å². The van der Waals surface area contributed by atoms with Crippen LogP contribution in [0, 0.1) is 0 Å². The van der Waals surface area contributed by atoms with Crippen LogP contribution in [0.15, 0.2) is 28.7 Å². The molecule has 0 N–H and O–H groups in total. The summed E-state index contributed by atoms with van der Waals surface area (Å²) in [5, 5.41) is 7.68. The maximum Gasteiger partial charge on any atom is 0.396 e. The minimum absolute atomic E-state index is 0.0950. The highest BCUT2D eigenvalue weighted by Crippen LogP contribution is 2.43. The van der Waals surface area contributed by atoms with Crippen molar-refractivity contribution in [3.8, 4) is 11.5 Å². The summed E-state index contributed by atoms with van der Waals surface area (Å²) in [6, 6.07) is 7.94. The number of benzene rings is 1. The molecule has 0 aliphatic heterocycles. The van der Waals surface area contributed by atoms with E-state index in [-0.39, 0.29) is 12.5 Å². The Kier molecular flexibility index (Phi) is 3.03. The molecule has 0 saturated heterocycles. The minimum Gasteiger partial charge on any atom is -0.459 e. The molecule has 0 radical (unpaired) electrons. The zero-order chi connectivity index (χ0) is 13.2. The second-order valence-electron chi connectivity index (χ2n) is 4.49. The molecule has 5 nitrogen and oxygen atoms in total. The summed E-state index contributed by atoms with van der Waals surface area (Å²) < 4.78 is 10.2. The predicted molar refractivity (Wildman–Crippen MR) is 67.7 cm³/mol. The van der Waals surface area contributed by atoms with Gasteiger partial charge in [-0.3, -0.25) is 0 Å². The van der Waals surface area contributed by atoms with Crippen LogP contribution in [0.2, 0.25) is 0 Å². The van der Waals surface area contributed by atoms with Crippen molar-refractivity contribution in [2.45, 2.75) is 25.7 Å². The van der Waals surface area contributed by atoms with Gasteiger partial charge in [0.25, 0.3) is 0 Å². The van der Waals surface area contributed by atoms with Crippen LogP contribution in [0.5, 0.6) is 0 Å². The van der Waals surface area contributed by atoms with Gasteiger partial charge in [0.2, 0.25) is 5.89 Å². The SMILES string of the molecule is CCOC(=O)c1nnc(-c2ccccc2C2CC2)o1. The number of ether oxygens (including phenoxy) is 1. The van der Waals surface area contributed by atoms with Gasteiger partial charge in [0.1, 0.15) is 0 Å². The van der Waals surface area contributed by atoms with Gasteiger partial charge in [-0.2, -0.15) is 0 Å². The highest BCUT2D eigenvalue weighted by atomic mass is 16.5. The van der Waals surface area contributed by atoms with Crippen LogP contribution < -0.4 is 0 Å². The van der Waals surface area contributed by atoms with Crippen LogP contribution in [0.3, 0.4) is 0 Å². The van der Waals surface area contributed by atoms with Gasteiger partial charge in [-0.15, -0.1) is 10.2 Å². The van der Waals surface area contributed by atoms with Crippen molar-refractivity contribution in [2.24, 2.45) is 0 Å². The van der Waals surface area contributed by atoms with E-state index in [4.69, 9.17) is 9.15 Å². The largest absolute Gasteiger partial charge is 0.459 e. The van der Waals surface area contributed by atoms with Crippen molar-refractivity contribution in [1.29, 1.82) is 0 Å². The number of carbonyl (C=O) groups excluding carboxylic acids is 1. The summed E-state index contributed by atoms with van der Waals surface area (Å²) in [6.07, 6.45) is 2.38. The number of rotatable bonds is 4. The van der Waals surface area contributed by atoms with Gasteiger partial charge in [-0.1, -0.05) is 18.2 Å². The molecular formula is C14H14N2O3. The number of nitrogens with zero attached hydrogens (tertiary/aromatic N) is 2. The molecule has 0 spiro atoms. The maximum absolute atomic E-state index is 11.5. The van der Waals surface area contributed by atoms with Crippen molar-refractivity contribution >= 4 is 5.97 Å². The molecule has 1 fully saturated rings. The van der Waals surface area contributed by atoms with E-state index in [1.165, 1.54) is 18.4 Å². The number of hydrogen-bond acceptors (Lipinski definition) is 5. The van der Waals surface area contributed by atoms with E-state index in [9.17, 15) is 4.79 Å². The lowest BCUT2D eigenvalue weighted by Crippen LogP contribution is -2.04. The fourth-order valence-electron chi connectivity index (χ4n) is 2.05. The predicted octanol–water partition coefficient (Wildman–Crippen LogP) is 2.79. The number of hydrogen-bond donors (Lipinski definition) is 0. The third-order valence-corrected chi connectivity index (χ3v) is 3.08. The molecule has 0 bridgehead atoms. The molecule has 1 aliphatic carbocycles. The second kappa shape index (κ2) is 4.84. The number of esters is 1. The van der Waals surface area contributed by atoms with Crippen molar-refractivity contribution in [3.63, 3.8) is 0 Å². The molecule has 1 aromatic heterocycles. The Morgan fingerprint density at radius 1 is 1.37 bits per heavy atom. The standard InChI is InChI=1S/C14H14N2O3/c1-2-18-14(17)13-16-15-12(19-13)11-6-4-3-5-10(11)9-7-8-9/h3-6,9H,2,7-8H2,1H3. The fraction of sp³-hybridized carbons (Fsp3) is 0.357. The van der Waals surface area contributed by atoms with Crippen LogP contribution in [0.25, 0.3) is 11.5 Å². The lowest BCUT2D eigenvalue weighted by molar-refractivity contribution is 0.0481. The van der Waals surface area contributed by atoms with E-state index in [0.717, 1.165) is 5.56 Å². The van der Waals surface area contributed by atoms with E-state index < -0.39 is 5.97 Å². The molecule has 1 saturated carbocycles. The van der Waals surface area contributed by atoms with E-state index in [1.54, 1.807) is 6.92 Å². The van der Waals surface area contributed by atoms with Crippen LogP contribution in [0.1, 0.15) is 41.9 Å². The van der Waals surface area contributed by atoms with E-state index >= 15 is 0 Å². The molecule has 0 atom stereocenters. The molecule has 1 aromatic carbocycles. The Hall–Kier alpha value is -2.17. The molecule has 5 heteroatoms. The molecule has 3 rings (SSSR count). The zero-order valence-electron chi connectivity index (χ0n) is 10.6. The Bertz CT molecular complexity index is 602. The van der Waals surface area contributed by atoms with Gasteiger partial charge in [-0.05, 0) is 37.3 Å². The smallest absolute Gasteiger partial charge is 0.396 e. The molecule has 1 aliphatic rings. The summed E-state index contributed by atoms with van der Waals surface area (Å²) in [4.78, 5) is 11.5. The van der Waals surface area contributed by atoms with E-state index in [2.05, 4.69) is 16.3 Å². The Morgan fingerprint density at radius 2 is 2.16 bits per heavy atom. The van der Waals surface area contributed by atoms with Crippen molar-refractivity contribution in [1.82, 2.24) is 10.2 Å². The summed E-state index contributed by atoms with van der Waals surface area (Å²) in [5.74, 6) is 0.285. The second-order valence-corrected chi connectivity index (χ2v) is 4.49. The third-order valence-electron chi connectivity index (χ3n) is 3.08. The van der Waals surface area contributed by atoms with Crippen LogP contribution in [-0.4, -0.2) is 22.8 Å². The monoisotopic (exact) mass is 258 g/mol. The topological polar surface area (TPSA) is 65.2 Å². The minimum atomic E-state index is -0.579. The Morgan fingerprint density at radius 3 is 2.89 bits per heavy atom. The molecule has 0 amide bonds. The fourth-order valence-corrected chi connectivity index (χ4v) is 2.05. The summed E-state index contributed by atoms with van der Waals surface area (Å²) in [7, 11) is 0. The average Bonchev–Trinajstić information content (AvgIpc) is 3.16. The highest BCUT2D eigenvalue weighted by Gasteiger charge is 2.28. The van der Waals surface area contributed by atoms with Crippen molar-refractivity contribution in [2.75, 3.05) is 6.61 Å². The molecule has 1 heterocycles. The Balaban J connectivity index is 1.92. The maximum atomic E-state index is 11.5. The van der Waals surface area contributed by atoms with E-state index in [0.29, 0.717) is 11.8 Å². The lowest BCUT2D eigenvalue weighted by Gasteiger charge is -2.03. The van der Waals surface area contributed by atoms with Gasteiger partial charge in [0.15, 0.2) is 0 Å². The first-order valence-electron chi connectivity index (χ1n) is 6.39. The van der Waals surface area contributed by atoms with Crippen LogP contribution in [-0.2, 0) is 4.74 Å². The first-order valence-corrected chi connectivity index (χ1v) is 6.39. The Labute approximate surface area is 110 Å². The number of aromatic nitrogens is 2. The zero-order valence-corrected chi connectivity index (χ0v) is 10.6.